The smallest absolute Gasteiger partial charge is 0.0596 e. The predicted molar refractivity (Wildman–Crippen MR) is 76.0 cm³/mol. The molecule has 3 N–H and O–H groups in total. The summed E-state index contributed by atoms with van der Waals surface area (Å²) in [5.41, 5.74) is 7.83. The fourth-order valence-corrected chi connectivity index (χ4v) is 2.55. The average Bonchev–Trinajstić information content (AvgIpc) is 2.41. The van der Waals surface area contributed by atoms with Crippen molar-refractivity contribution in [2.75, 3.05) is 18.8 Å². The van der Waals surface area contributed by atoms with Crippen LogP contribution in [0.5, 0.6) is 0 Å². The molecule has 0 spiro atoms. The van der Waals surface area contributed by atoms with Crippen molar-refractivity contribution < 1.29 is 0 Å². The largest absolute Gasteiger partial charge is 0.397 e. The van der Waals surface area contributed by atoms with E-state index in [-0.39, 0.29) is 12.4 Å². The molecule has 0 saturated carbocycles. The summed E-state index contributed by atoms with van der Waals surface area (Å²) in [6, 6.07) is 2.02. The van der Waals surface area contributed by atoms with E-state index >= 15 is 0 Å². The first-order valence-electron chi connectivity index (χ1n) is 6.05. The summed E-state index contributed by atoms with van der Waals surface area (Å²) in [7, 11) is 0. The van der Waals surface area contributed by atoms with E-state index in [1.165, 1.54) is 5.69 Å². The van der Waals surface area contributed by atoms with Gasteiger partial charge in [0.2, 0.25) is 0 Å². The number of hydrogen-bond acceptors (Lipinski definition) is 4. The lowest BCUT2D eigenvalue weighted by Gasteiger charge is -2.23. The van der Waals surface area contributed by atoms with Crippen molar-refractivity contribution in [3.63, 3.8) is 0 Å². The van der Waals surface area contributed by atoms with Gasteiger partial charge in [-0.15, -0.1) is 12.4 Å². The summed E-state index contributed by atoms with van der Waals surface area (Å²) in [4.78, 5) is 8.69. The fraction of sp³-hybridized carbons (Fsp3) is 0.385. The summed E-state index contributed by atoms with van der Waals surface area (Å²) in [6.07, 6.45) is 7.70. The van der Waals surface area contributed by atoms with Gasteiger partial charge in [0.15, 0.2) is 0 Å². The Kier molecular flexibility index (Phi) is 3.99. The van der Waals surface area contributed by atoms with Crippen molar-refractivity contribution in [2.24, 2.45) is 0 Å². The maximum absolute atomic E-state index is 5.94. The van der Waals surface area contributed by atoms with Crippen LogP contribution in [0, 0.1) is 0 Å². The maximum Gasteiger partial charge on any atom is 0.0596 e. The van der Waals surface area contributed by atoms with Crippen LogP contribution < -0.4 is 11.1 Å². The Morgan fingerprint density at radius 1 is 1.17 bits per heavy atom. The molecule has 0 radical (unpaired) electrons. The van der Waals surface area contributed by atoms with Crippen LogP contribution in [0.2, 0.25) is 0 Å². The standard InChI is InChI=1S/C13H16N4.ClH/c14-12-8-17-13(9-1-4-15-5-2-9)10-3-6-16-7-11(10)12;/h3,6-9,15H,1-2,4-5,14H2;1H. The number of aromatic nitrogens is 2. The highest BCUT2D eigenvalue weighted by Crippen LogP contribution is 2.31. The highest BCUT2D eigenvalue weighted by atomic mass is 35.5. The van der Waals surface area contributed by atoms with Crippen molar-refractivity contribution in [1.82, 2.24) is 15.3 Å². The number of anilines is 1. The molecule has 0 bridgehead atoms. The molecular weight excluding hydrogens is 248 g/mol. The minimum Gasteiger partial charge on any atom is -0.397 e. The summed E-state index contributed by atoms with van der Waals surface area (Å²) < 4.78 is 0. The topological polar surface area (TPSA) is 63.8 Å². The van der Waals surface area contributed by atoms with Crippen LogP contribution in [-0.2, 0) is 0 Å². The Bertz CT molecular complexity index is 538. The van der Waals surface area contributed by atoms with Crippen LogP contribution in [0.25, 0.3) is 10.8 Å². The molecule has 3 rings (SSSR count). The Balaban J connectivity index is 0.00000120. The molecule has 2 aromatic rings. The van der Waals surface area contributed by atoms with Gasteiger partial charge in [-0.2, -0.15) is 0 Å². The van der Waals surface area contributed by atoms with Crippen LogP contribution >= 0.6 is 12.4 Å². The van der Waals surface area contributed by atoms with E-state index in [2.05, 4.69) is 15.3 Å². The highest BCUT2D eigenvalue weighted by Gasteiger charge is 2.19. The van der Waals surface area contributed by atoms with E-state index in [1.807, 2.05) is 18.5 Å². The molecule has 1 aliphatic rings. The second-order valence-electron chi connectivity index (χ2n) is 4.54. The monoisotopic (exact) mass is 264 g/mol. The zero-order valence-electron chi connectivity index (χ0n) is 10.1. The third-order valence-electron chi connectivity index (χ3n) is 3.48. The van der Waals surface area contributed by atoms with Crippen LogP contribution in [0.1, 0.15) is 24.5 Å². The van der Waals surface area contributed by atoms with E-state index in [0.29, 0.717) is 11.6 Å². The van der Waals surface area contributed by atoms with Gasteiger partial charge in [-0.25, -0.2) is 0 Å². The van der Waals surface area contributed by atoms with Crippen molar-refractivity contribution >= 4 is 28.9 Å². The van der Waals surface area contributed by atoms with E-state index in [0.717, 1.165) is 36.7 Å². The lowest BCUT2D eigenvalue weighted by atomic mass is 9.91. The molecule has 1 aliphatic heterocycles. The van der Waals surface area contributed by atoms with Crippen LogP contribution in [0.15, 0.2) is 24.7 Å². The number of nitrogens with one attached hydrogen (secondary N) is 1. The van der Waals surface area contributed by atoms with E-state index < -0.39 is 0 Å². The number of nitrogens with two attached hydrogens (primary N) is 1. The van der Waals surface area contributed by atoms with Crippen LogP contribution in [0.3, 0.4) is 0 Å². The number of fused-ring (bicyclic) bond motifs is 1. The molecule has 1 fully saturated rings. The van der Waals surface area contributed by atoms with Gasteiger partial charge < -0.3 is 11.1 Å². The van der Waals surface area contributed by atoms with Crippen molar-refractivity contribution in [1.29, 1.82) is 0 Å². The van der Waals surface area contributed by atoms with E-state index in [4.69, 9.17) is 5.73 Å². The summed E-state index contributed by atoms with van der Waals surface area (Å²) in [5, 5.41) is 5.56. The second kappa shape index (κ2) is 5.50. The zero-order chi connectivity index (χ0) is 11.7. The van der Waals surface area contributed by atoms with Gasteiger partial charge in [0.25, 0.3) is 0 Å². The highest BCUT2D eigenvalue weighted by molar-refractivity contribution is 5.93. The average molecular weight is 265 g/mol. The maximum atomic E-state index is 5.94. The SMILES string of the molecule is Cl.Nc1cnc(C2CCNCC2)c2ccncc12. The molecule has 3 heterocycles. The normalized spacial score (nSPS) is 16.4. The molecule has 0 amide bonds. The molecule has 5 heteroatoms. The van der Waals surface area contributed by atoms with Crippen LogP contribution in [0.4, 0.5) is 5.69 Å². The molecule has 0 atom stereocenters. The van der Waals surface area contributed by atoms with Crippen molar-refractivity contribution in [3.05, 3.63) is 30.4 Å². The van der Waals surface area contributed by atoms with Crippen molar-refractivity contribution in [3.8, 4) is 0 Å². The quantitative estimate of drug-likeness (QED) is 0.828. The number of pyridine rings is 2. The summed E-state index contributed by atoms with van der Waals surface area (Å²) in [5.74, 6) is 0.543. The van der Waals surface area contributed by atoms with Gasteiger partial charge in [-0.3, -0.25) is 9.97 Å². The van der Waals surface area contributed by atoms with Gasteiger partial charge in [0.1, 0.15) is 0 Å². The minimum atomic E-state index is 0. The number of piperidine rings is 1. The minimum absolute atomic E-state index is 0. The Morgan fingerprint density at radius 2 is 1.94 bits per heavy atom. The Labute approximate surface area is 112 Å². The van der Waals surface area contributed by atoms with Crippen LogP contribution in [-0.4, -0.2) is 23.1 Å². The molecule has 0 aliphatic carbocycles. The number of nitrogen functional groups attached to an aromatic ring is 1. The molecule has 96 valence electrons. The van der Waals surface area contributed by atoms with Gasteiger partial charge in [-0.05, 0) is 32.0 Å². The molecule has 18 heavy (non-hydrogen) atoms. The number of nitrogens with zero attached hydrogens (tertiary/aromatic N) is 2. The fourth-order valence-electron chi connectivity index (χ4n) is 2.55. The van der Waals surface area contributed by atoms with E-state index in [1.54, 1.807) is 6.20 Å². The molecule has 0 unspecified atom stereocenters. The first kappa shape index (κ1) is 13.1. The lowest BCUT2D eigenvalue weighted by molar-refractivity contribution is 0.455. The second-order valence-corrected chi connectivity index (χ2v) is 4.54. The van der Waals surface area contributed by atoms with E-state index in [9.17, 15) is 0 Å². The van der Waals surface area contributed by atoms with Gasteiger partial charge in [0.05, 0.1) is 17.6 Å². The lowest BCUT2D eigenvalue weighted by Crippen LogP contribution is -2.27. The van der Waals surface area contributed by atoms with Gasteiger partial charge in [0, 0.05) is 29.1 Å². The molecule has 1 saturated heterocycles. The molecule has 0 aromatic carbocycles. The first-order valence-corrected chi connectivity index (χ1v) is 6.05. The number of halogens is 1. The summed E-state index contributed by atoms with van der Waals surface area (Å²) >= 11 is 0. The zero-order valence-corrected chi connectivity index (χ0v) is 10.9. The number of hydrogen-bond donors (Lipinski definition) is 2. The first-order chi connectivity index (χ1) is 8.36. The molecule has 2 aromatic heterocycles. The molecule has 4 nitrogen and oxygen atoms in total. The van der Waals surface area contributed by atoms with Gasteiger partial charge in [-0.1, -0.05) is 0 Å². The Morgan fingerprint density at radius 3 is 2.72 bits per heavy atom. The van der Waals surface area contributed by atoms with Gasteiger partial charge >= 0.3 is 0 Å². The predicted octanol–water partition coefficient (Wildman–Crippen LogP) is 2.10. The summed E-state index contributed by atoms with van der Waals surface area (Å²) in [6.45, 7) is 2.15. The number of rotatable bonds is 1. The van der Waals surface area contributed by atoms with Crippen molar-refractivity contribution in [2.45, 2.75) is 18.8 Å². The Hall–Kier alpha value is -1.39. The third kappa shape index (κ3) is 2.26. The third-order valence-corrected chi connectivity index (χ3v) is 3.48. The molecular formula is C13H17ClN4.